The Morgan fingerprint density at radius 2 is 1.58 bits per heavy atom. The van der Waals surface area contributed by atoms with Gasteiger partial charge in [-0.05, 0) is 61.4 Å². The van der Waals surface area contributed by atoms with Gasteiger partial charge >= 0.3 is 5.97 Å². The zero-order valence-electron chi connectivity index (χ0n) is 17.8. The van der Waals surface area contributed by atoms with Crippen molar-refractivity contribution in [3.8, 4) is 11.8 Å². The second-order valence-corrected chi connectivity index (χ2v) is 7.18. The van der Waals surface area contributed by atoms with E-state index in [9.17, 15) is 14.4 Å². The zero-order chi connectivity index (χ0) is 23.0. The van der Waals surface area contributed by atoms with Gasteiger partial charge in [-0.2, -0.15) is 5.26 Å². The molecule has 0 aliphatic carbocycles. The van der Waals surface area contributed by atoms with Crippen molar-refractivity contribution in [3.05, 3.63) is 59.7 Å². The number of hydrogen-bond acceptors (Lipinski definition) is 6. The smallest absolute Gasteiger partial charge is 0.329 e. The molecule has 2 N–H and O–H groups in total. The predicted octanol–water partition coefficient (Wildman–Crippen LogP) is 2.89. The van der Waals surface area contributed by atoms with Crippen molar-refractivity contribution in [3.63, 3.8) is 0 Å². The second kappa shape index (κ2) is 10.8. The molecule has 0 unspecified atom stereocenters. The number of nitriles is 1. The molecule has 2 rings (SSSR count). The summed E-state index contributed by atoms with van der Waals surface area (Å²) < 4.78 is 10.4. The molecule has 8 heteroatoms. The molecule has 8 nitrogen and oxygen atoms in total. The van der Waals surface area contributed by atoms with Crippen LogP contribution in [-0.4, -0.2) is 37.0 Å². The van der Waals surface area contributed by atoms with Gasteiger partial charge < -0.3 is 20.1 Å². The lowest BCUT2D eigenvalue weighted by Crippen LogP contribution is -2.47. The molecule has 0 spiro atoms. The van der Waals surface area contributed by atoms with Gasteiger partial charge in [0.05, 0.1) is 18.7 Å². The lowest BCUT2D eigenvalue weighted by atomic mass is 10.0. The van der Waals surface area contributed by atoms with E-state index in [1.807, 2.05) is 6.07 Å². The first kappa shape index (κ1) is 23.4. The van der Waals surface area contributed by atoms with Crippen LogP contribution in [-0.2, 0) is 14.3 Å². The van der Waals surface area contributed by atoms with E-state index in [2.05, 4.69) is 10.6 Å². The summed E-state index contributed by atoms with van der Waals surface area (Å²) in [6, 6.07) is 13.8. The molecule has 2 amide bonds. The standard InChI is InChI=1S/C23H25N3O5/c1-14(2)20(26-22(28)17-7-11-19(30-4)12-8-17)23(29)31-15(3)21(27)25-18-9-5-16(13-24)6-10-18/h5-12,14-15,20H,1-4H3,(H,25,27)(H,26,28)/t15-,20-/m0/s1. The van der Waals surface area contributed by atoms with Crippen molar-refractivity contribution in [1.29, 1.82) is 5.26 Å². The molecular weight excluding hydrogens is 398 g/mol. The van der Waals surface area contributed by atoms with Crippen LogP contribution in [0.2, 0.25) is 0 Å². The SMILES string of the molecule is COc1ccc(C(=O)N[C@H](C(=O)O[C@@H](C)C(=O)Nc2ccc(C#N)cc2)C(C)C)cc1. The third-order valence-electron chi connectivity index (χ3n) is 4.50. The number of esters is 1. The van der Waals surface area contributed by atoms with Crippen LogP contribution in [0.4, 0.5) is 5.69 Å². The predicted molar refractivity (Wildman–Crippen MR) is 114 cm³/mol. The fraction of sp³-hybridized carbons (Fsp3) is 0.304. The molecule has 2 aromatic carbocycles. The topological polar surface area (TPSA) is 118 Å². The average molecular weight is 423 g/mol. The van der Waals surface area contributed by atoms with Crippen molar-refractivity contribution in [1.82, 2.24) is 5.32 Å². The molecule has 0 saturated carbocycles. The third kappa shape index (κ3) is 6.57. The third-order valence-corrected chi connectivity index (χ3v) is 4.50. The summed E-state index contributed by atoms with van der Waals surface area (Å²) in [5.74, 6) is -1.32. The Morgan fingerprint density at radius 1 is 0.968 bits per heavy atom. The minimum Gasteiger partial charge on any atom is -0.497 e. The quantitative estimate of drug-likeness (QED) is 0.631. The first-order chi connectivity index (χ1) is 14.7. The Labute approximate surface area is 181 Å². The Bertz CT molecular complexity index is 962. The molecule has 0 aliphatic rings. The highest BCUT2D eigenvalue weighted by Gasteiger charge is 2.29. The Hall–Kier alpha value is -3.86. The number of anilines is 1. The molecule has 0 aliphatic heterocycles. The lowest BCUT2D eigenvalue weighted by molar-refractivity contribution is -0.156. The summed E-state index contributed by atoms with van der Waals surface area (Å²) in [4.78, 5) is 37.5. The second-order valence-electron chi connectivity index (χ2n) is 7.18. The minimum atomic E-state index is -1.08. The van der Waals surface area contributed by atoms with Gasteiger partial charge in [-0.3, -0.25) is 9.59 Å². The number of hydrogen-bond donors (Lipinski definition) is 2. The van der Waals surface area contributed by atoms with Crippen molar-refractivity contribution in [2.24, 2.45) is 5.92 Å². The Morgan fingerprint density at radius 3 is 2.10 bits per heavy atom. The highest BCUT2D eigenvalue weighted by Crippen LogP contribution is 2.14. The first-order valence-corrected chi connectivity index (χ1v) is 9.71. The van der Waals surface area contributed by atoms with Gasteiger partial charge in [-0.25, -0.2) is 4.79 Å². The molecule has 0 heterocycles. The van der Waals surface area contributed by atoms with Gasteiger partial charge in [0.15, 0.2) is 6.10 Å². The number of benzene rings is 2. The number of rotatable bonds is 8. The van der Waals surface area contributed by atoms with Gasteiger partial charge in [0, 0.05) is 11.3 Å². The normalized spacial score (nSPS) is 12.3. The number of carbonyl (C=O) groups is 3. The largest absolute Gasteiger partial charge is 0.497 e. The molecule has 0 saturated heterocycles. The van der Waals surface area contributed by atoms with E-state index in [4.69, 9.17) is 14.7 Å². The molecule has 0 fully saturated rings. The van der Waals surface area contributed by atoms with E-state index in [0.29, 0.717) is 22.6 Å². The molecule has 31 heavy (non-hydrogen) atoms. The highest BCUT2D eigenvalue weighted by atomic mass is 16.5. The molecule has 0 bridgehead atoms. The van der Waals surface area contributed by atoms with E-state index in [0.717, 1.165) is 0 Å². The van der Waals surface area contributed by atoms with Gasteiger partial charge in [-0.1, -0.05) is 13.8 Å². The Kier molecular flexibility index (Phi) is 8.15. The van der Waals surface area contributed by atoms with Crippen LogP contribution in [0, 0.1) is 17.2 Å². The van der Waals surface area contributed by atoms with E-state index < -0.39 is 29.9 Å². The summed E-state index contributed by atoms with van der Waals surface area (Å²) in [6.45, 7) is 4.98. The average Bonchev–Trinajstić information content (AvgIpc) is 2.77. The van der Waals surface area contributed by atoms with Crippen LogP contribution in [0.5, 0.6) is 5.75 Å². The van der Waals surface area contributed by atoms with Crippen LogP contribution in [0.3, 0.4) is 0 Å². The fourth-order valence-corrected chi connectivity index (χ4v) is 2.64. The molecule has 162 valence electrons. The number of nitrogens with zero attached hydrogens (tertiary/aromatic N) is 1. The molecule has 2 aromatic rings. The van der Waals surface area contributed by atoms with Crippen molar-refractivity contribution in [2.45, 2.75) is 32.9 Å². The van der Waals surface area contributed by atoms with Gasteiger partial charge in [-0.15, -0.1) is 0 Å². The molecule has 2 atom stereocenters. The maximum absolute atomic E-state index is 12.6. The maximum atomic E-state index is 12.6. The van der Waals surface area contributed by atoms with Gasteiger partial charge in [0.2, 0.25) is 0 Å². The lowest BCUT2D eigenvalue weighted by Gasteiger charge is -2.23. The minimum absolute atomic E-state index is 0.261. The summed E-state index contributed by atoms with van der Waals surface area (Å²) in [6.07, 6.45) is -1.08. The van der Waals surface area contributed by atoms with Gasteiger partial charge in [0.1, 0.15) is 11.8 Å². The zero-order valence-corrected chi connectivity index (χ0v) is 17.8. The van der Waals surface area contributed by atoms with Gasteiger partial charge in [0.25, 0.3) is 11.8 Å². The van der Waals surface area contributed by atoms with Crippen LogP contribution in [0.25, 0.3) is 0 Å². The van der Waals surface area contributed by atoms with Crippen molar-refractivity contribution in [2.75, 3.05) is 12.4 Å². The molecule has 0 radical (unpaired) electrons. The summed E-state index contributed by atoms with van der Waals surface area (Å²) in [5, 5.41) is 14.1. The van der Waals surface area contributed by atoms with Crippen LogP contribution in [0.1, 0.15) is 36.7 Å². The number of carbonyl (C=O) groups excluding carboxylic acids is 3. The Balaban J connectivity index is 1.98. The molecular formula is C23H25N3O5. The number of amides is 2. The van der Waals surface area contributed by atoms with Crippen molar-refractivity contribution < 1.29 is 23.9 Å². The van der Waals surface area contributed by atoms with E-state index in [1.165, 1.54) is 14.0 Å². The first-order valence-electron chi connectivity index (χ1n) is 9.71. The van der Waals surface area contributed by atoms with Crippen LogP contribution in [0.15, 0.2) is 48.5 Å². The van der Waals surface area contributed by atoms with E-state index in [1.54, 1.807) is 62.4 Å². The monoisotopic (exact) mass is 423 g/mol. The number of methoxy groups -OCH3 is 1. The van der Waals surface area contributed by atoms with E-state index in [-0.39, 0.29) is 5.92 Å². The summed E-state index contributed by atoms with van der Waals surface area (Å²) >= 11 is 0. The fourth-order valence-electron chi connectivity index (χ4n) is 2.64. The van der Waals surface area contributed by atoms with Crippen LogP contribution >= 0.6 is 0 Å². The number of ether oxygens (including phenoxy) is 2. The highest BCUT2D eigenvalue weighted by molar-refractivity contribution is 5.98. The summed E-state index contributed by atoms with van der Waals surface area (Å²) in [5.41, 5.74) is 1.30. The number of nitrogens with one attached hydrogen (secondary N) is 2. The van der Waals surface area contributed by atoms with E-state index >= 15 is 0 Å². The van der Waals surface area contributed by atoms with Crippen LogP contribution < -0.4 is 15.4 Å². The summed E-state index contributed by atoms with van der Waals surface area (Å²) in [7, 11) is 1.53. The van der Waals surface area contributed by atoms with Crippen molar-refractivity contribution >= 4 is 23.5 Å². The maximum Gasteiger partial charge on any atom is 0.329 e. The molecule has 0 aromatic heterocycles.